The summed E-state index contributed by atoms with van der Waals surface area (Å²) in [6.45, 7) is 0. The lowest BCUT2D eigenvalue weighted by molar-refractivity contribution is 0.210. The lowest BCUT2D eigenvalue weighted by Gasteiger charge is -1.90. The lowest BCUT2D eigenvalue weighted by Crippen LogP contribution is -2.15. The average molecular weight is 127 g/mol. The van der Waals surface area contributed by atoms with Crippen LogP contribution in [0.5, 0.6) is 5.75 Å². The molecule has 1 rings (SSSR count). The first-order chi connectivity index (χ1) is 4.29. The van der Waals surface area contributed by atoms with Crippen LogP contribution in [-0.2, 0) is 0 Å². The third-order valence-corrected chi connectivity index (χ3v) is 0.714. The molecule has 0 saturated carbocycles. The zero-order valence-electron chi connectivity index (χ0n) is 4.53. The molecule has 4 heteroatoms. The minimum absolute atomic E-state index is 0.322. The van der Waals surface area contributed by atoms with Crippen molar-refractivity contribution in [1.29, 1.82) is 0 Å². The Bertz CT molecular complexity index is 192. The van der Waals surface area contributed by atoms with Crippen LogP contribution in [0.15, 0.2) is 23.0 Å². The van der Waals surface area contributed by atoms with Crippen molar-refractivity contribution >= 4 is 6.09 Å². The van der Waals surface area contributed by atoms with E-state index in [-0.39, 0.29) is 0 Å². The summed E-state index contributed by atoms with van der Waals surface area (Å²) in [5.74, 6) is 0.322. The molecule has 1 aromatic heterocycles. The van der Waals surface area contributed by atoms with Crippen LogP contribution >= 0.6 is 0 Å². The quantitative estimate of drug-likeness (QED) is 0.604. The van der Waals surface area contributed by atoms with E-state index in [4.69, 9.17) is 0 Å². The van der Waals surface area contributed by atoms with Gasteiger partial charge in [-0.1, -0.05) is 0 Å². The number of furan rings is 1. The number of carbonyl (C=O) groups is 1. The summed E-state index contributed by atoms with van der Waals surface area (Å²) in [4.78, 5) is 10.0. The first-order valence-corrected chi connectivity index (χ1v) is 2.28. The fourth-order valence-corrected chi connectivity index (χ4v) is 0.426. The number of amides is 1. The fraction of sp³-hybridized carbons (Fsp3) is 0. The standard InChI is InChI=1S/C5H5NO3/c6-5(7)9-4-1-2-8-3-4/h1-3H,(H2,6,7). The van der Waals surface area contributed by atoms with Gasteiger partial charge in [-0.25, -0.2) is 4.79 Å². The molecule has 0 bridgehead atoms. The summed E-state index contributed by atoms with van der Waals surface area (Å²) in [5, 5.41) is 0. The highest BCUT2D eigenvalue weighted by Gasteiger charge is 1.96. The molecule has 0 spiro atoms. The second kappa shape index (κ2) is 2.21. The predicted molar refractivity (Wildman–Crippen MR) is 28.9 cm³/mol. The Morgan fingerprint density at radius 2 is 2.56 bits per heavy atom. The van der Waals surface area contributed by atoms with Gasteiger partial charge in [0.1, 0.15) is 6.26 Å². The maximum Gasteiger partial charge on any atom is 0.410 e. The van der Waals surface area contributed by atoms with Gasteiger partial charge >= 0.3 is 6.09 Å². The summed E-state index contributed by atoms with van der Waals surface area (Å²) in [7, 11) is 0. The number of nitrogens with two attached hydrogens (primary N) is 1. The van der Waals surface area contributed by atoms with Crippen molar-refractivity contribution in [2.75, 3.05) is 0 Å². The highest BCUT2D eigenvalue weighted by molar-refractivity contribution is 5.67. The summed E-state index contributed by atoms with van der Waals surface area (Å²) < 4.78 is 8.98. The fourth-order valence-electron chi connectivity index (χ4n) is 0.426. The van der Waals surface area contributed by atoms with E-state index >= 15 is 0 Å². The van der Waals surface area contributed by atoms with Gasteiger partial charge in [-0.3, -0.25) is 0 Å². The van der Waals surface area contributed by atoms with Gasteiger partial charge in [0.05, 0.1) is 6.26 Å². The van der Waals surface area contributed by atoms with Crippen molar-refractivity contribution in [3.8, 4) is 5.75 Å². The van der Waals surface area contributed by atoms with Crippen LogP contribution in [0.4, 0.5) is 4.79 Å². The topological polar surface area (TPSA) is 65.5 Å². The van der Waals surface area contributed by atoms with Crippen molar-refractivity contribution in [1.82, 2.24) is 0 Å². The van der Waals surface area contributed by atoms with Crippen molar-refractivity contribution in [2.45, 2.75) is 0 Å². The normalized spacial score (nSPS) is 8.89. The van der Waals surface area contributed by atoms with Gasteiger partial charge in [-0.15, -0.1) is 0 Å². The summed E-state index contributed by atoms with van der Waals surface area (Å²) in [5.41, 5.74) is 4.68. The highest BCUT2D eigenvalue weighted by atomic mass is 16.6. The van der Waals surface area contributed by atoms with Gasteiger partial charge in [0.15, 0.2) is 5.75 Å². The Labute approximate surface area is 51.2 Å². The van der Waals surface area contributed by atoms with Gasteiger partial charge < -0.3 is 14.9 Å². The molecule has 0 unspecified atom stereocenters. The van der Waals surface area contributed by atoms with Crippen molar-refractivity contribution < 1.29 is 13.9 Å². The van der Waals surface area contributed by atoms with E-state index in [9.17, 15) is 4.79 Å². The minimum atomic E-state index is -0.837. The largest absolute Gasteiger partial charge is 0.469 e. The van der Waals surface area contributed by atoms with E-state index in [2.05, 4.69) is 14.9 Å². The van der Waals surface area contributed by atoms with Crippen LogP contribution in [0.3, 0.4) is 0 Å². The summed E-state index contributed by atoms with van der Waals surface area (Å²) in [6, 6.07) is 1.49. The van der Waals surface area contributed by atoms with Gasteiger partial charge in [-0.05, 0) is 0 Å². The molecule has 1 amide bonds. The van der Waals surface area contributed by atoms with Crippen LogP contribution < -0.4 is 10.5 Å². The van der Waals surface area contributed by atoms with E-state index in [0.717, 1.165) is 0 Å². The maximum atomic E-state index is 10.0. The third kappa shape index (κ3) is 1.49. The first kappa shape index (κ1) is 5.68. The Morgan fingerprint density at radius 1 is 1.78 bits per heavy atom. The number of ether oxygens (including phenoxy) is 1. The molecule has 0 aliphatic carbocycles. The molecule has 0 aliphatic rings. The van der Waals surface area contributed by atoms with E-state index < -0.39 is 6.09 Å². The highest BCUT2D eigenvalue weighted by Crippen LogP contribution is 2.08. The molecule has 0 saturated heterocycles. The molecule has 48 valence electrons. The molecule has 1 aromatic rings. The number of primary amides is 1. The molecule has 0 radical (unpaired) electrons. The summed E-state index contributed by atoms with van der Waals surface area (Å²) >= 11 is 0. The molecule has 1 heterocycles. The zero-order chi connectivity index (χ0) is 6.69. The number of hydrogen-bond donors (Lipinski definition) is 1. The second-order valence-corrected chi connectivity index (χ2v) is 1.38. The maximum absolute atomic E-state index is 10.0. The molecule has 2 N–H and O–H groups in total. The van der Waals surface area contributed by atoms with Gasteiger partial charge in [0, 0.05) is 6.07 Å². The first-order valence-electron chi connectivity index (χ1n) is 2.28. The number of rotatable bonds is 1. The van der Waals surface area contributed by atoms with E-state index in [1.54, 1.807) is 0 Å². The molecular formula is C5H5NO3. The second-order valence-electron chi connectivity index (χ2n) is 1.38. The predicted octanol–water partition coefficient (Wildman–Crippen LogP) is 0.737. The van der Waals surface area contributed by atoms with Gasteiger partial charge in [0.2, 0.25) is 0 Å². The molecule has 9 heavy (non-hydrogen) atoms. The average Bonchev–Trinajstić information content (AvgIpc) is 2.15. The van der Waals surface area contributed by atoms with Crippen molar-refractivity contribution in [3.63, 3.8) is 0 Å². The van der Waals surface area contributed by atoms with Crippen LogP contribution in [0.25, 0.3) is 0 Å². The number of carbonyl (C=O) groups excluding carboxylic acids is 1. The van der Waals surface area contributed by atoms with Crippen LogP contribution in [-0.4, -0.2) is 6.09 Å². The van der Waals surface area contributed by atoms with E-state index in [1.807, 2.05) is 0 Å². The summed E-state index contributed by atoms with van der Waals surface area (Å²) in [6.07, 6.45) is 1.83. The molecule has 0 aromatic carbocycles. The minimum Gasteiger partial charge on any atom is -0.469 e. The molecule has 0 aliphatic heterocycles. The van der Waals surface area contributed by atoms with E-state index in [0.29, 0.717) is 5.75 Å². The SMILES string of the molecule is NC(=O)Oc1ccoc1. The number of hydrogen-bond acceptors (Lipinski definition) is 3. The monoisotopic (exact) mass is 127 g/mol. The smallest absolute Gasteiger partial charge is 0.410 e. The van der Waals surface area contributed by atoms with Crippen molar-refractivity contribution in [2.24, 2.45) is 5.73 Å². The van der Waals surface area contributed by atoms with Crippen LogP contribution in [0, 0.1) is 0 Å². The molecule has 4 nitrogen and oxygen atoms in total. The molecule has 0 atom stereocenters. The van der Waals surface area contributed by atoms with Crippen LogP contribution in [0.1, 0.15) is 0 Å². The third-order valence-electron chi connectivity index (χ3n) is 0.714. The molecule has 0 fully saturated rings. The Hall–Kier alpha value is -1.45. The Balaban J connectivity index is 2.58. The Morgan fingerprint density at radius 3 is 3.00 bits per heavy atom. The van der Waals surface area contributed by atoms with Crippen molar-refractivity contribution in [3.05, 3.63) is 18.6 Å². The van der Waals surface area contributed by atoms with Crippen LogP contribution in [0.2, 0.25) is 0 Å². The zero-order valence-corrected chi connectivity index (χ0v) is 4.53. The van der Waals surface area contributed by atoms with Gasteiger partial charge in [0.25, 0.3) is 0 Å². The molecular weight excluding hydrogens is 122 g/mol. The van der Waals surface area contributed by atoms with Gasteiger partial charge in [-0.2, -0.15) is 0 Å². The Kier molecular flexibility index (Phi) is 1.40. The van der Waals surface area contributed by atoms with E-state index in [1.165, 1.54) is 18.6 Å². The lowest BCUT2D eigenvalue weighted by atomic mass is 10.6.